The maximum absolute atomic E-state index is 12.6. The number of anilines is 1. The highest BCUT2D eigenvalue weighted by molar-refractivity contribution is 7.91. The molecular weight excluding hydrogens is 412 g/mol. The van der Waals surface area contributed by atoms with Crippen molar-refractivity contribution in [1.82, 2.24) is 24.8 Å². The van der Waals surface area contributed by atoms with Gasteiger partial charge in [-0.25, -0.2) is 18.4 Å². The van der Waals surface area contributed by atoms with Crippen molar-refractivity contribution in [2.24, 2.45) is 5.92 Å². The third kappa shape index (κ3) is 5.57. The Balaban J connectivity index is 1.26. The molecule has 2 fully saturated rings. The second kappa shape index (κ2) is 9.56. The van der Waals surface area contributed by atoms with Crippen LogP contribution in [0.5, 0.6) is 0 Å². The first-order valence-corrected chi connectivity index (χ1v) is 13.0. The number of rotatable bonds is 7. The van der Waals surface area contributed by atoms with Gasteiger partial charge < -0.3 is 19.7 Å². The van der Waals surface area contributed by atoms with Crippen molar-refractivity contribution >= 4 is 26.7 Å². The molecule has 0 amide bonds. The predicted molar refractivity (Wildman–Crippen MR) is 125 cm³/mol. The normalized spacial score (nSPS) is 23.6. The predicted octanol–water partition coefficient (Wildman–Crippen LogP) is 2.13. The fourth-order valence-corrected chi connectivity index (χ4v) is 6.32. The first-order chi connectivity index (χ1) is 14.9. The standard InChI is InChI=1S/C22H34N6O2S/c1-26-11-13-28(14-12-26)10-3-15-31(29,30)16-18-4-6-19(7-5-18)27(2)22-20-8-9-23-21(20)24-17-25-22/h3,8-10,17-19H,4-7,11-16H2,1-2H3,(H,23,24,25)/t18-,19-. The Labute approximate surface area is 185 Å². The quantitative estimate of drug-likeness (QED) is 0.697. The van der Waals surface area contributed by atoms with E-state index in [4.69, 9.17) is 0 Å². The van der Waals surface area contributed by atoms with Crippen LogP contribution in [-0.4, -0.2) is 91.0 Å². The Morgan fingerprint density at radius 1 is 1.16 bits per heavy atom. The molecule has 170 valence electrons. The number of fused-ring (bicyclic) bond motifs is 1. The van der Waals surface area contributed by atoms with Crippen LogP contribution in [0.25, 0.3) is 11.0 Å². The molecule has 0 unspecified atom stereocenters. The van der Waals surface area contributed by atoms with Crippen LogP contribution in [0.15, 0.2) is 30.9 Å². The van der Waals surface area contributed by atoms with Crippen LogP contribution < -0.4 is 4.90 Å². The molecule has 3 heterocycles. The van der Waals surface area contributed by atoms with Crippen LogP contribution in [0, 0.1) is 5.92 Å². The van der Waals surface area contributed by atoms with E-state index < -0.39 is 9.84 Å². The molecule has 31 heavy (non-hydrogen) atoms. The number of H-pyrrole nitrogens is 1. The third-order valence-electron chi connectivity index (χ3n) is 6.72. The zero-order valence-corrected chi connectivity index (χ0v) is 19.4. The molecule has 2 aromatic rings. The van der Waals surface area contributed by atoms with Gasteiger partial charge in [0.05, 0.1) is 16.9 Å². The summed E-state index contributed by atoms with van der Waals surface area (Å²) in [5.74, 6) is 1.64. The lowest BCUT2D eigenvalue weighted by Crippen LogP contribution is -2.41. The van der Waals surface area contributed by atoms with Crippen LogP contribution in [0.3, 0.4) is 0 Å². The van der Waals surface area contributed by atoms with E-state index in [1.165, 1.54) is 0 Å². The van der Waals surface area contributed by atoms with E-state index in [0.29, 0.717) is 11.8 Å². The summed E-state index contributed by atoms with van der Waals surface area (Å²) in [6.45, 7) is 3.98. The van der Waals surface area contributed by atoms with Crippen LogP contribution >= 0.6 is 0 Å². The Morgan fingerprint density at radius 3 is 2.65 bits per heavy atom. The van der Waals surface area contributed by atoms with Gasteiger partial charge >= 0.3 is 0 Å². The number of nitrogens with one attached hydrogen (secondary N) is 1. The highest BCUT2D eigenvalue weighted by Gasteiger charge is 2.28. The van der Waals surface area contributed by atoms with E-state index in [2.05, 4.69) is 43.7 Å². The number of nitrogens with zero attached hydrogens (tertiary/aromatic N) is 5. The minimum atomic E-state index is -3.07. The van der Waals surface area contributed by atoms with E-state index in [0.717, 1.165) is 68.7 Å². The Bertz CT molecular complexity index is 988. The summed E-state index contributed by atoms with van der Waals surface area (Å²) in [6.07, 6.45) is 11.1. The maximum Gasteiger partial charge on any atom is 0.154 e. The first-order valence-electron chi connectivity index (χ1n) is 11.2. The van der Waals surface area contributed by atoms with Crippen LogP contribution in [0.1, 0.15) is 25.7 Å². The van der Waals surface area contributed by atoms with Gasteiger partial charge in [-0.3, -0.25) is 0 Å². The number of hydrogen-bond acceptors (Lipinski definition) is 7. The zero-order chi connectivity index (χ0) is 21.8. The second-order valence-electron chi connectivity index (χ2n) is 9.02. The fraction of sp³-hybridized carbons (Fsp3) is 0.636. The van der Waals surface area contributed by atoms with Gasteiger partial charge in [-0.05, 0) is 50.9 Å². The lowest BCUT2D eigenvalue weighted by molar-refractivity contribution is 0.198. The third-order valence-corrected chi connectivity index (χ3v) is 8.40. The molecule has 4 rings (SSSR count). The van der Waals surface area contributed by atoms with E-state index >= 15 is 0 Å². The number of likely N-dealkylation sites (N-methyl/N-ethyl adjacent to an activating group) is 1. The minimum absolute atomic E-state index is 0.144. The van der Waals surface area contributed by atoms with Gasteiger partial charge in [0.2, 0.25) is 0 Å². The summed E-state index contributed by atoms with van der Waals surface area (Å²) in [5.41, 5.74) is 0.848. The summed E-state index contributed by atoms with van der Waals surface area (Å²) in [4.78, 5) is 18.6. The zero-order valence-electron chi connectivity index (χ0n) is 18.6. The van der Waals surface area contributed by atoms with Crippen molar-refractivity contribution in [3.8, 4) is 0 Å². The molecule has 8 nitrogen and oxygen atoms in total. The maximum atomic E-state index is 12.6. The summed E-state index contributed by atoms with van der Waals surface area (Å²) >= 11 is 0. The molecule has 2 aromatic heterocycles. The van der Waals surface area contributed by atoms with Gasteiger partial charge in [0.25, 0.3) is 0 Å². The average molecular weight is 447 g/mol. The van der Waals surface area contributed by atoms with Gasteiger partial charge in [0.1, 0.15) is 17.8 Å². The number of aromatic amines is 1. The molecule has 0 bridgehead atoms. The van der Waals surface area contributed by atoms with Crippen LogP contribution in [0.2, 0.25) is 0 Å². The van der Waals surface area contributed by atoms with E-state index in [1.807, 2.05) is 24.5 Å². The molecule has 0 spiro atoms. The van der Waals surface area contributed by atoms with E-state index in [1.54, 1.807) is 6.33 Å². The highest BCUT2D eigenvalue weighted by Crippen LogP contribution is 2.32. The first kappa shape index (κ1) is 22.1. The Morgan fingerprint density at radius 2 is 1.90 bits per heavy atom. The number of hydrogen-bond donors (Lipinski definition) is 1. The van der Waals surface area contributed by atoms with E-state index in [9.17, 15) is 8.42 Å². The Kier molecular flexibility index (Phi) is 6.81. The van der Waals surface area contributed by atoms with Gasteiger partial charge in [-0.1, -0.05) is 6.08 Å². The molecule has 1 saturated heterocycles. The molecule has 1 aliphatic heterocycles. The SMILES string of the molecule is CN1CCN(C=CCS(=O)(=O)C[C@H]2CC[C@H](N(C)c3ncnc4[nH]ccc34)CC2)CC1. The lowest BCUT2D eigenvalue weighted by atomic mass is 9.86. The molecule has 0 aromatic carbocycles. The van der Waals surface area contributed by atoms with E-state index in [-0.39, 0.29) is 11.7 Å². The summed E-state index contributed by atoms with van der Waals surface area (Å²) in [6, 6.07) is 2.39. The van der Waals surface area contributed by atoms with Crippen molar-refractivity contribution < 1.29 is 8.42 Å². The molecule has 0 radical (unpaired) electrons. The smallest absolute Gasteiger partial charge is 0.154 e. The van der Waals surface area contributed by atoms with Crippen molar-refractivity contribution in [2.75, 3.05) is 56.7 Å². The molecule has 1 aliphatic carbocycles. The van der Waals surface area contributed by atoms with Crippen molar-refractivity contribution in [2.45, 2.75) is 31.7 Å². The fourth-order valence-electron chi connectivity index (χ4n) is 4.75. The Hall–Kier alpha value is -2.13. The van der Waals surface area contributed by atoms with Crippen molar-refractivity contribution in [1.29, 1.82) is 0 Å². The molecule has 9 heteroatoms. The number of aromatic nitrogens is 3. The second-order valence-corrected chi connectivity index (χ2v) is 11.2. The summed E-state index contributed by atoms with van der Waals surface area (Å²) in [5, 5.41) is 1.03. The summed E-state index contributed by atoms with van der Waals surface area (Å²) < 4.78 is 25.3. The van der Waals surface area contributed by atoms with Gasteiger partial charge in [0, 0.05) is 45.5 Å². The number of sulfone groups is 1. The molecule has 1 N–H and O–H groups in total. The highest BCUT2D eigenvalue weighted by atomic mass is 32.2. The van der Waals surface area contributed by atoms with Crippen LogP contribution in [0.4, 0.5) is 5.82 Å². The van der Waals surface area contributed by atoms with Gasteiger partial charge in [0.15, 0.2) is 9.84 Å². The monoisotopic (exact) mass is 446 g/mol. The average Bonchev–Trinajstić information content (AvgIpc) is 3.24. The topological polar surface area (TPSA) is 85.4 Å². The molecule has 2 aliphatic rings. The van der Waals surface area contributed by atoms with Gasteiger partial charge in [-0.15, -0.1) is 0 Å². The molecular formula is C22H34N6O2S. The lowest BCUT2D eigenvalue weighted by Gasteiger charge is -2.35. The van der Waals surface area contributed by atoms with Gasteiger partial charge in [-0.2, -0.15) is 0 Å². The molecule has 0 atom stereocenters. The summed E-state index contributed by atoms with van der Waals surface area (Å²) in [7, 11) is 1.13. The molecule has 1 saturated carbocycles. The van der Waals surface area contributed by atoms with Crippen molar-refractivity contribution in [3.63, 3.8) is 0 Å². The van der Waals surface area contributed by atoms with Crippen LogP contribution in [-0.2, 0) is 9.84 Å². The number of piperazine rings is 1. The van der Waals surface area contributed by atoms with Crippen molar-refractivity contribution in [3.05, 3.63) is 30.9 Å². The minimum Gasteiger partial charge on any atom is -0.375 e. The largest absolute Gasteiger partial charge is 0.375 e.